The van der Waals surface area contributed by atoms with E-state index in [1.54, 1.807) is 4.98 Å². The molecule has 0 aliphatic carbocycles. The van der Waals surface area contributed by atoms with Gasteiger partial charge in [-0.3, -0.25) is 18.9 Å². The summed E-state index contributed by atoms with van der Waals surface area (Å²) in [6, 6.07) is 0. The number of ether oxygens (including phenoxy) is 1. The maximum absolute atomic E-state index is 11.9. The molecule has 2 unspecified atom stereocenters. The topological polar surface area (TPSA) is 281 Å². The molecule has 0 bridgehead atoms. The van der Waals surface area contributed by atoms with Crippen LogP contribution in [0.2, 0.25) is 0 Å². The van der Waals surface area contributed by atoms with Crippen molar-refractivity contribution in [3.63, 3.8) is 0 Å². The third-order valence-corrected chi connectivity index (χ3v) is 7.33. The number of carboxylic acids is 1. The fraction of sp³-hybridized carbons (Fsp3) is 0.500. The number of aromatic nitrogens is 2. The first-order valence-corrected chi connectivity index (χ1v) is 12.2. The Labute approximate surface area is 170 Å². The third-order valence-electron chi connectivity index (χ3n) is 3.53. The normalized spacial score (nSPS) is 25.6. The molecule has 2 heterocycles. The van der Waals surface area contributed by atoms with Crippen molar-refractivity contribution in [3.8, 4) is 0 Å². The zero-order valence-corrected chi connectivity index (χ0v) is 17.5. The second-order valence-electron chi connectivity index (χ2n) is 5.83. The molecule has 2 rings (SSSR count). The van der Waals surface area contributed by atoms with Gasteiger partial charge in [0.15, 0.2) is 0 Å². The number of hydrogen-bond donors (Lipinski definition) is 7. The van der Waals surface area contributed by atoms with E-state index >= 15 is 0 Å². The van der Waals surface area contributed by atoms with E-state index in [4.69, 9.17) is 24.5 Å². The molecule has 0 aromatic carbocycles. The van der Waals surface area contributed by atoms with Crippen LogP contribution in [0.5, 0.6) is 0 Å². The fourth-order valence-electron chi connectivity index (χ4n) is 2.36. The molecule has 31 heavy (non-hydrogen) atoms. The number of rotatable bonds is 9. The molecule has 5 atom stereocenters. The zero-order chi connectivity index (χ0) is 23.8. The van der Waals surface area contributed by atoms with Crippen LogP contribution >= 0.6 is 23.5 Å². The Hall–Kier alpha value is -1.52. The summed E-state index contributed by atoms with van der Waals surface area (Å²) in [7, 11) is -16.8. The molecule has 0 radical (unpaired) electrons. The summed E-state index contributed by atoms with van der Waals surface area (Å²) in [6.45, 7) is -0.995. The van der Waals surface area contributed by atoms with Gasteiger partial charge in [0.1, 0.15) is 17.9 Å². The standard InChI is InChI=1S/C10H15N2O16P3/c13-5-1-7(12-2-4(9(15)16)8(14)11-10(12)17)26-6(5)3-25-30(21,22)28-31(23,24)27-29(18,19)20/h2,5-7,13H,1,3H2,(H,15,16)(H,21,22)(H,23,24)(H,11,14,17)(H2,18,19,20)/t5-,6+,7+/m0/s1. The summed E-state index contributed by atoms with van der Waals surface area (Å²) in [5, 5.41) is 18.9. The first-order chi connectivity index (χ1) is 14.0. The highest BCUT2D eigenvalue weighted by molar-refractivity contribution is 7.66. The van der Waals surface area contributed by atoms with Gasteiger partial charge in [-0.05, 0) is 0 Å². The van der Waals surface area contributed by atoms with Crippen molar-refractivity contribution in [1.29, 1.82) is 0 Å². The van der Waals surface area contributed by atoms with Gasteiger partial charge in [0, 0.05) is 12.6 Å². The molecule has 1 aliphatic rings. The quantitative estimate of drug-likeness (QED) is 0.180. The van der Waals surface area contributed by atoms with Crippen LogP contribution in [-0.2, 0) is 31.6 Å². The average Bonchev–Trinajstić information content (AvgIpc) is 2.90. The molecule has 1 aromatic rings. The average molecular weight is 512 g/mol. The Kier molecular flexibility index (Phi) is 7.60. The van der Waals surface area contributed by atoms with Crippen molar-refractivity contribution in [2.75, 3.05) is 6.61 Å². The van der Waals surface area contributed by atoms with Gasteiger partial charge < -0.3 is 34.5 Å². The van der Waals surface area contributed by atoms with Crippen LogP contribution in [0.25, 0.3) is 0 Å². The van der Waals surface area contributed by atoms with Crippen LogP contribution in [0.4, 0.5) is 0 Å². The number of aliphatic hydroxyl groups is 1. The maximum Gasteiger partial charge on any atom is 0.490 e. The number of H-pyrrole nitrogens is 1. The second kappa shape index (κ2) is 9.15. The predicted molar refractivity (Wildman–Crippen MR) is 92.6 cm³/mol. The molecule has 1 fully saturated rings. The highest BCUT2D eigenvalue weighted by Gasteiger charge is 2.43. The Morgan fingerprint density at radius 3 is 2.32 bits per heavy atom. The Morgan fingerprint density at radius 1 is 1.16 bits per heavy atom. The van der Waals surface area contributed by atoms with Crippen molar-refractivity contribution in [2.24, 2.45) is 0 Å². The van der Waals surface area contributed by atoms with Crippen molar-refractivity contribution in [1.82, 2.24) is 9.55 Å². The highest BCUT2D eigenvalue weighted by atomic mass is 31.3. The predicted octanol–water partition coefficient (Wildman–Crippen LogP) is -1.77. The van der Waals surface area contributed by atoms with Crippen molar-refractivity contribution < 1.29 is 66.2 Å². The van der Waals surface area contributed by atoms with E-state index in [1.165, 1.54) is 0 Å². The number of hydrogen-bond acceptors (Lipinski definition) is 11. The van der Waals surface area contributed by atoms with E-state index < -0.39 is 71.3 Å². The number of carboxylic acid groups (broad SMARTS) is 1. The van der Waals surface area contributed by atoms with Gasteiger partial charge in [-0.15, -0.1) is 0 Å². The molecule has 176 valence electrons. The van der Waals surface area contributed by atoms with Crippen LogP contribution in [0.15, 0.2) is 15.8 Å². The largest absolute Gasteiger partial charge is 0.490 e. The van der Waals surface area contributed by atoms with E-state index in [1.807, 2.05) is 0 Å². The van der Waals surface area contributed by atoms with E-state index in [0.717, 1.165) is 0 Å². The van der Waals surface area contributed by atoms with Gasteiger partial charge in [0.05, 0.1) is 12.7 Å². The number of phosphoric ester groups is 1. The SMILES string of the molecule is O=C(O)c1cn([C@H]2C[C@H](O)[C@@H](COP(=O)(O)OP(=O)(O)OP(=O)(O)O)O2)c(=O)[nH]c1=O. The van der Waals surface area contributed by atoms with Crippen molar-refractivity contribution in [3.05, 3.63) is 32.6 Å². The Balaban J connectivity index is 2.08. The molecule has 1 aliphatic heterocycles. The number of carbonyl (C=O) groups is 1. The number of aromatic amines is 1. The molecular formula is C10H15N2O16P3. The number of aromatic carboxylic acids is 1. The van der Waals surface area contributed by atoms with Gasteiger partial charge in [-0.25, -0.2) is 23.3 Å². The minimum atomic E-state index is -5.74. The second-order valence-corrected chi connectivity index (χ2v) is 10.3. The molecule has 0 saturated carbocycles. The van der Waals surface area contributed by atoms with Gasteiger partial charge in [-0.1, -0.05) is 0 Å². The lowest BCUT2D eigenvalue weighted by atomic mass is 10.2. The Bertz CT molecular complexity index is 1100. The fourth-order valence-corrected chi connectivity index (χ4v) is 5.39. The molecule has 1 saturated heterocycles. The molecular weight excluding hydrogens is 497 g/mol. The summed E-state index contributed by atoms with van der Waals surface area (Å²) in [6.07, 6.45) is -3.97. The first kappa shape index (κ1) is 25.7. The van der Waals surface area contributed by atoms with E-state index in [-0.39, 0.29) is 6.42 Å². The minimum Gasteiger partial charge on any atom is -0.477 e. The van der Waals surface area contributed by atoms with Gasteiger partial charge in [-0.2, -0.15) is 8.62 Å². The Morgan fingerprint density at radius 2 is 1.77 bits per heavy atom. The van der Waals surface area contributed by atoms with Crippen molar-refractivity contribution in [2.45, 2.75) is 24.9 Å². The monoisotopic (exact) mass is 512 g/mol. The molecule has 21 heteroatoms. The minimum absolute atomic E-state index is 0.366. The van der Waals surface area contributed by atoms with Crippen LogP contribution in [0, 0.1) is 0 Å². The molecule has 1 aromatic heterocycles. The van der Waals surface area contributed by atoms with E-state index in [2.05, 4.69) is 13.1 Å². The maximum atomic E-state index is 11.9. The highest BCUT2D eigenvalue weighted by Crippen LogP contribution is 2.66. The lowest BCUT2D eigenvalue weighted by Gasteiger charge is -2.19. The van der Waals surface area contributed by atoms with Crippen molar-refractivity contribution >= 4 is 29.4 Å². The summed E-state index contributed by atoms with van der Waals surface area (Å²) in [5.74, 6) is -1.65. The van der Waals surface area contributed by atoms with E-state index in [0.29, 0.717) is 10.8 Å². The van der Waals surface area contributed by atoms with Crippen LogP contribution in [0.3, 0.4) is 0 Å². The summed E-state index contributed by atoms with van der Waals surface area (Å²) in [4.78, 5) is 71.4. The number of phosphoric acid groups is 3. The molecule has 0 spiro atoms. The smallest absolute Gasteiger partial charge is 0.477 e. The van der Waals surface area contributed by atoms with Crippen LogP contribution in [0.1, 0.15) is 23.0 Å². The summed E-state index contributed by atoms with van der Waals surface area (Å²) >= 11 is 0. The zero-order valence-electron chi connectivity index (χ0n) is 14.8. The number of aliphatic hydroxyl groups excluding tert-OH is 1. The number of nitrogens with one attached hydrogen (secondary N) is 1. The van der Waals surface area contributed by atoms with Crippen LogP contribution in [-0.4, -0.2) is 64.1 Å². The van der Waals surface area contributed by atoms with Gasteiger partial charge in [0.25, 0.3) is 5.56 Å². The third kappa shape index (κ3) is 7.25. The van der Waals surface area contributed by atoms with Gasteiger partial charge in [0.2, 0.25) is 0 Å². The molecule has 18 nitrogen and oxygen atoms in total. The summed E-state index contributed by atoms with van der Waals surface area (Å²) < 4.78 is 50.7. The first-order valence-electron chi connectivity index (χ1n) is 7.70. The van der Waals surface area contributed by atoms with E-state index in [9.17, 15) is 38.1 Å². The number of nitrogens with zero attached hydrogens (tertiary/aromatic N) is 1. The van der Waals surface area contributed by atoms with Crippen LogP contribution < -0.4 is 11.2 Å². The lowest BCUT2D eigenvalue weighted by Crippen LogP contribution is -2.35. The lowest BCUT2D eigenvalue weighted by molar-refractivity contribution is -0.0450. The molecule has 7 N–H and O–H groups in total. The summed E-state index contributed by atoms with van der Waals surface area (Å²) in [5.41, 5.74) is -3.08. The van der Waals surface area contributed by atoms with Gasteiger partial charge >= 0.3 is 35.1 Å². The molecule has 0 amide bonds.